The number of para-hydroxylation sites is 1. The molecular weight excluding hydrogens is 284 g/mol. The van der Waals surface area contributed by atoms with E-state index in [4.69, 9.17) is 10.5 Å². The molecule has 2 amide bonds. The Labute approximate surface area is 126 Å². The van der Waals surface area contributed by atoms with Crippen molar-refractivity contribution in [1.82, 2.24) is 10.2 Å². The monoisotopic (exact) mass is 296 g/mol. The Hall–Kier alpha value is -3.39. The number of nitrogens with zero attached hydrogens (tertiary/aromatic N) is 4. The third-order valence-electron chi connectivity index (χ3n) is 2.98. The molecule has 0 aromatic heterocycles. The van der Waals surface area contributed by atoms with E-state index in [0.29, 0.717) is 24.3 Å². The summed E-state index contributed by atoms with van der Waals surface area (Å²) in [6.45, 7) is 0.827. The zero-order valence-electron chi connectivity index (χ0n) is 11.5. The van der Waals surface area contributed by atoms with Crippen LogP contribution in [0.1, 0.15) is 10.4 Å². The van der Waals surface area contributed by atoms with Gasteiger partial charge in [0.1, 0.15) is 12.1 Å². The van der Waals surface area contributed by atoms with Crippen LogP contribution in [0.2, 0.25) is 0 Å². The molecule has 0 saturated carbocycles. The van der Waals surface area contributed by atoms with Crippen molar-refractivity contribution in [3.05, 3.63) is 29.8 Å². The van der Waals surface area contributed by atoms with E-state index in [0.717, 1.165) is 0 Å². The summed E-state index contributed by atoms with van der Waals surface area (Å²) >= 11 is 0. The predicted octanol–water partition coefficient (Wildman–Crippen LogP) is 0.0737. The molecule has 22 heavy (non-hydrogen) atoms. The van der Waals surface area contributed by atoms with E-state index in [2.05, 4.69) is 15.8 Å². The van der Waals surface area contributed by atoms with Gasteiger partial charge in [-0.2, -0.15) is 15.6 Å². The number of carbonyl (C=O) groups excluding carboxylic acids is 2. The summed E-state index contributed by atoms with van der Waals surface area (Å²) < 4.78 is 0. The molecule has 0 unspecified atom stereocenters. The maximum absolute atomic E-state index is 12.5. The summed E-state index contributed by atoms with van der Waals surface area (Å²) in [5.41, 5.74) is 2.87. The molecule has 1 aliphatic rings. The first-order valence-electron chi connectivity index (χ1n) is 6.44. The lowest BCUT2D eigenvalue weighted by Crippen LogP contribution is -2.50. The lowest BCUT2D eigenvalue weighted by molar-refractivity contribution is -0.123. The average Bonchev–Trinajstić information content (AvgIpc) is 2.55. The molecule has 2 rings (SSSR count). The van der Waals surface area contributed by atoms with Crippen LogP contribution >= 0.6 is 0 Å². The van der Waals surface area contributed by atoms with Crippen LogP contribution in [0.25, 0.3) is 0 Å². The van der Waals surface area contributed by atoms with Crippen LogP contribution in [0.4, 0.5) is 5.69 Å². The molecule has 1 aromatic carbocycles. The molecule has 0 bridgehead atoms. The van der Waals surface area contributed by atoms with Gasteiger partial charge in [0.05, 0.1) is 17.8 Å². The molecule has 1 fully saturated rings. The molecule has 0 aliphatic carbocycles. The first-order valence-corrected chi connectivity index (χ1v) is 6.44. The van der Waals surface area contributed by atoms with Crippen molar-refractivity contribution in [1.29, 1.82) is 10.5 Å². The van der Waals surface area contributed by atoms with Crippen LogP contribution in [-0.4, -0.2) is 42.1 Å². The lowest BCUT2D eigenvalue weighted by atomic mass is 10.1. The highest BCUT2D eigenvalue weighted by atomic mass is 16.2. The molecule has 1 heterocycles. The van der Waals surface area contributed by atoms with Crippen molar-refractivity contribution in [3.63, 3.8) is 0 Å². The summed E-state index contributed by atoms with van der Waals surface area (Å²) in [7, 11) is 0. The van der Waals surface area contributed by atoms with E-state index in [-0.39, 0.29) is 24.1 Å². The highest BCUT2D eigenvalue weighted by molar-refractivity contribution is 6.10. The van der Waals surface area contributed by atoms with E-state index >= 15 is 0 Å². The summed E-state index contributed by atoms with van der Waals surface area (Å²) in [6.07, 6.45) is 0. The molecule has 110 valence electrons. The van der Waals surface area contributed by atoms with Gasteiger partial charge in [-0.15, -0.1) is 0 Å². The molecule has 2 N–H and O–H groups in total. The molecule has 0 spiro atoms. The number of hydrogen-bond donors (Lipinski definition) is 2. The fraction of sp³-hybridized carbons (Fsp3) is 0.214. The first-order chi connectivity index (χ1) is 10.7. The first kappa shape index (κ1) is 15.0. The Morgan fingerprint density at radius 2 is 2.05 bits per heavy atom. The minimum absolute atomic E-state index is 0.00191. The van der Waals surface area contributed by atoms with E-state index in [1.807, 2.05) is 0 Å². The summed E-state index contributed by atoms with van der Waals surface area (Å²) in [5, 5.41) is 23.6. The third kappa shape index (κ3) is 3.38. The summed E-state index contributed by atoms with van der Waals surface area (Å²) in [5.74, 6) is -0.525. The van der Waals surface area contributed by atoms with Gasteiger partial charge < -0.3 is 10.2 Å². The van der Waals surface area contributed by atoms with Gasteiger partial charge in [-0.05, 0) is 12.1 Å². The van der Waals surface area contributed by atoms with Crippen molar-refractivity contribution >= 4 is 23.2 Å². The zero-order valence-corrected chi connectivity index (χ0v) is 11.5. The van der Waals surface area contributed by atoms with Crippen molar-refractivity contribution in [2.75, 3.05) is 25.1 Å². The van der Waals surface area contributed by atoms with Gasteiger partial charge in [0, 0.05) is 13.1 Å². The van der Waals surface area contributed by atoms with Gasteiger partial charge in [-0.25, -0.2) is 0 Å². The van der Waals surface area contributed by atoms with E-state index in [1.165, 1.54) is 4.90 Å². The van der Waals surface area contributed by atoms with Crippen molar-refractivity contribution in [2.24, 2.45) is 5.10 Å². The van der Waals surface area contributed by atoms with Crippen LogP contribution < -0.4 is 10.7 Å². The van der Waals surface area contributed by atoms with Gasteiger partial charge in [-0.3, -0.25) is 15.0 Å². The Morgan fingerprint density at radius 3 is 2.73 bits per heavy atom. The van der Waals surface area contributed by atoms with Gasteiger partial charge in [0.2, 0.25) is 11.6 Å². The minimum atomic E-state index is -0.348. The number of hydrogen-bond acceptors (Lipinski definition) is 6. The van der Waals surface area contributed by atoms with E-state index in [1.54, 1.807) is 36.4 Å². The molecule has 1 aromatic rings. The lowest BCUT2D eigenvalue weighted by Gasteiger charge is -2.27. The number of nitrogens with one attached hydrogen (secondary N) is 2. The number of nitriles is 2. The maximum Gasteiger partial charge on any atom is 0.256 e. The average molecular weight is 296 g/mol. The second kappa shape index (κ2) is 6.86. The second-order valence-electron chi connectivity index (χ2n) is 4.42. The highest BCUT2D eigenvalue weighted by Gasteiger charge is 2.23. The van der Waals surface area contributed by atoms with Gasteiger partial charge in [-0.1, -0.05) is 12.1 Å². The number of amides is 2. The minimum Gasteiger partial charge on any atom is -0.353 e. The summed E-state index contributed by atoms with van der Waals surface area (Å²) in [4.78, 5) is 25.3. The molecule has 0 atom stereocenters. The van der Waals surface area contributed by atoms with Crippen molar-refractivity contribution in [3.8, 4) is 12.1 Å². The normalized spacial score (nSPS) is 13.4. The molecular formula is C14H12N6O2. The van der Waals surface area contributed by atoms with Crippen molar-refractivity contribution < 1.29 is 9.59 Å². The fourth-order valence-electron chi connectivity index (χ4n) is 1.94. The smallest absolute Gasteiger partial charge is 0.256 e. The van der Waals surface area contributed by atoms with E-state index < -0.39 is 0 Å². The third-order valence-corrected chi connectivity index (χ3v) is 2.98. The molecule has 1 saturated heterocycles. The van der Waals surface area contributed by atoms with Gasteiger partial charge in [0.15, 0.2) is 0 Å². The van der Waals surface area contributed by atoms with Crippen LogP contribution in [0, 0.1) is 22.7 Å². The topological polar surface area (TPSA) is 121 Å². The quantitative estimate of drug-likeness (QED) is 0.604. The Bertz CT molecular complexity index is 697. The number of piperazine rings is 1. The highest BCUT2D eigenvalue weighted by Crippen LogP contribution is 2.17. The Balaban J connectivity index is 2.23. The molecule has 0 radical (unpaired) electrons. The maximum atomic E-state index is 12.5. The van der Waals surface area contributed by atoms with Crippen LogP contribution in [0.15, 0.2) is 29.4 Å². The number of hydrazone groups is 1. The van der Waals surface area contributed by atoms with Gasteiger partial charge in [0.25, 0.3) is 5.91 Å². The van der Waals surface area contributed by atoms with Gasteiger partial charge >= 0.3 is 0 Å². The SMILES string of the molecule is N#CC(C#N)=NNc1ccccc1C(=O)N1CCNC(=O)C1. The van der Waals surface area contributed by atoms with Crippen LogP contribution in [0.3, 0.4) is 0 Å². The molecule has 1 aliphatic heterocycles. The Morgan fingerprint density at radius 1 is 1.32 bits per heavy atom. The van der Waals surface area contributed by atoms with Crippen LogP contribution in [-0.2, 0) is 4.79 Å². The second-order valence-corrected chi connectivity index (χ2v) is 4.42. The van der Waals surface area contributed by atoms with E-state index in [9.17, 15) is 9.59 Å². The fourth-order valence-corrected chi connectivity index (χ4v) is 1.94. The van der Waals surface area contributed by atoms with Crippen LogP contribution in [0.5, 0.6) is 0 Å². The number of carbonyl (C=O) groups is 2. The number of anilines is 1. The Kier molecular flexibility index (Phi) is 4.68. The standard InChI is InChI=1S/C14H12N6O2/c15-7-10(8-16)18-19-12-4-2-1-3-11(12)14(22)20-6-5-17-13(21)9-20/h1-4,19H,5-6,9H2,(H,17,21). The molecule has 8 heteroatoms. The largest absolute Gasteiger partial charge is 0.353 e. The molecule has 8 nitrogen and oxygen atoms in total. The predicted molar refractivity (Wildman–Crippen MR) is 77.6 cm³/mol. The number of benzene rings is 1. The van der Waals surface area contributed by atoms with Crippen molar-refractivity contribution in [2.45, 2.75) is 0 Å². The number of rotatable bonds is 3. The summed E-state index contributed by atoms with van der Waals surface area (Å²) in [6, 6.07) is 9.80. The zero-order chi connectivity index (χ0) is 15.9.